The van der Waals surface area contributed by atoms with Gasteiger partial charge in [0.15, 0.2) is 0 Å². The lowest BCUT2D eigenvalue weighted by Gasteiger charge is -2.01. The number of nitriles is 1. The molecule has 0 bridgehead atoms. The number of H-pyrrole nitrogens is 1. The molecule has 0 aliphatic carbocycles. The molecule has 0 spiro atoms. The Balaban J connectivity index is 2.64. The van der Waals surface area contributed by atoms with Gasteiger partial charge in [-0.25, -0.2) is 4.79 Å². The molecule has 1 aromatic carbocycles. The smallest absolute Gasteiger partial charge is 0.316 e. The second kappa shape index (κ2) is 3.26. The highest BCUT2D eigenvalue weighted by Gasteiger charge is 2.10. The molecular formula is C8H6N6O. The van der Waals surface area contributed by atoms with Crippen molar-refractivity contribution in [1.82, 2.24) is 15.4 Å². The number of aromatic nitrogens is 3. The second-order valence-corrected chi connectivity index (χ2v) is 2.78. The van der Waals surface area contributed by atoms with E-state index in [1.165, 1.54) is 6.07 Å². The van der Waals surface area contributed by atoms with Gasteiger partial charge in [0, 0.05) is 0 Å². The average Bonchev–Trinajstić information content (AvgIpc) is 2.66. The molecule has 0 unspecified atom stereocenters. The zero-order chi connectivity index (χ0) is 10.8. The van der Waals surface area contributed by atoms with Crippen LogP contribution in [0.3, 0.4) is 0 Å². The average molecular weight is 202 g/mol. The highest BCUT2D eigenvalue weighted by molar-refractivity contribution is 5.99. The number of carbonyl (C=O) groups excluding carboxylic acids is 1. The number of aromatic amines is 1. The number of hydrogen-bond acceptors (Lipinski definition) is 4. The van der Waals surface area contributed by atoms with Gasteiger partial charge >= 0.3 is 6.03 Å². The Morgan fingerprint density at radius 1 is 1.47 bits per heavy atom. The van der Waals surface area contributed by atoms with E-state index in [4.69, 9.17) is 11.0 Å². The molecule has 0 saturated heterocycles. The van der Waals surface area contributed by atoms with Crippen LogP contribution < -0.4 is 11.1 Å². The van der Waals surface area contributed by atoms with Gasteiger partial charge in [0.1, 0.15) is 17.1 Å². The molecule has 7 heteroatoms. The monoisotopic (exact) mass is 202 g/mol. The van der Waals surface area contributed by atoms with Crippen molar-refractivity contribution in [3.63, 3.8) is 0 Å². The number of fused-ring (bicyclic) bond motifs is 1. The first kappa shape index (κ1) is 8.96. The summed E-state index contributed by atoms with van der Waals surface area (Å²) >= 11 is 0. The quantitative estimate of drug-likeness (QED) is 0.616. The van der Waals surface area contributed by atoms with Crippen molar-refractivity contribution < 1.29 is 4.79 Å². The summed E-state index contributed by atoms with van der Waals surface area (Å²) in [5.41, 5.74) is 6.60. The van der Waals surface area contributed by atoms with Crippen molar-refractivity contribution in [2.45, 2.75) is 0 Å². The first-order chi connectivity index (χ1) is 7.22. The highest BCUT2D eigenvalue weighted by Crippen LogP contribution is 2.21. The minimum Gasteiger partial charge on any atom is -0.351 e. The topological polar surface area (TPSA) is 120 Å². The van der Waals surface area contributed by atoms with E-state index < -0.39 is 6.03 Å². The molecule has 2 rings (SSSR count). The Bertz CT molecular complexity index is 566. The molecule has 1 aromatic heterocycles. The van der Waals surface area contributed by atoms with Crippen LogP contribution in [0.5, 0.6) is 0 Å². The number of hydrogen-bond donors (Lipinski definition) is 3. The summed E-state index contributed by atoms with van der Waals surface area (Å²) in [6.07, 6.45) is 0. The zero-order valence-electron chi connectivity index (χ0n) is 7.48. The number of anilines is 1. The van der Waals surface area contributed by atoms with Crippen LogP contribution in [-0.4, -0.2) is 21.4 Å². The number of nitrogens with zero attached hydrogens (tertiary/aromatic N) is 3. The second-order valence-electron chi connectivity index (χ2n) is 2.78. The van der Waals surface area contributed by atoms with Gasteiger partial charge < -0.3 is 11.1 Å². The van der Waals surface area contributed by atoms with Crippen molar-refractivity contribution in [1.29, 1.82) is 5.26 Å². The molecule has 15 heavy (non-hydrogen) atoms. The summed E-state index contributed by atoms with van der Waals surface area (Å²) < 4.78 is 0. The molecule has 2 amide bonds. The number of nitrogens with one attached hydrogen (secondary N) is 2. The summed E-state index contributed by atoms with van der Waals surface area (Å²) in [5, 5.41) is 21.2. The lowest BCUT2D eigenvalue weighted by atomic mass is 10.2. The molecule has 0 radical (unpaired) electrons. The van der Waals surface area contributed by atoms with E-state index in [1.54, 1.807) is 6.07 Å². The van der Waals surface area contributed by atoms with E-state index in [1.807, 2.05) is 6.07 Å². The fourth-order valence-electron chi connectivity index (χ4n) is 1.25. The van der Waals surface area contributed by atoms with Crippen molar-refractivity contribution in [3.8, 4) is 6.07 Å². The van der Waals surface area contributed by atoms with Crippen molar-refractivity contribution in [2.75, 3.05) is 5.32 Å². The lowest BCUT2D eigenvalue weighted by molar-refractivity contribution is 0.259. The van der Waals surface area contributed by atoms with Crippen LogP contribution in [0.4, 0.5) is 10.5 Å². The molecule has 2 aromatic rings. The van der Waals surface area contributed by atoms with Gasteiger partial charge in [-0.2, -0.15) is 20.7 Å². The van der Waals surface area contributed by atoms with Gasteiger partial charge in [0.25, 0.3) is 0 Å². The summed E-state index contributed by atoms with van der Waals surface area (Å²) in [7, 11) is 0. The maximum Gasteiger partial charge on any atom is 0.316 e. The predicted molar refractivity (Wildman–Crippen MR) is 51.8 cm³/mol. The number of benzene rings is 1. The molecule has 0 saturated carbocycles. The Labute approximate surface area is 83.9 Å². The summed E-state index contributed by atoms with van der Waals surface area (Å²) in [6, 6.07) is 4.37. The summed E-state index contributed by atoms with van der Waals surface area (Å²) in [6.45, 7) is 0. The maximum absolute atomic E-state index is 10.7. The van der Waals surface area contributed by atoms with E-state index in [2.05, 4.69) is 20.7 Å². The Kier molecular flexibility index (Phi) is 1.95. The molecule has 0 atom stereocenters. The molecular weight excluding hydrogens is 196 g/mol. The van der Waals surface area contributed by atoms with Gasteiger partial charge in [-0.15, -0.1) is 0 Å². The van der Waals surface area contributed by atoms with Crippen LogP contribution in [0.25, 0.3) is 11.0 Å². The first-order valence-electron chi connectivity index (χ1n) is 4.02. The first-order valence-corrected chi connectivity index (χ1v) is 4.02. The lowest BCUT2D eigenvalue weighted by Crippen LogP contribution is -2.19. The van der Waals surface area contributed by atoms with Gasteiger partial charge in [0.05, 0.1) is 11.3 Å². The maximum atomic E-state index is 10.7. The van der Waals surface area contributed by atoms with Gasteiger partial charge in [0.2, 0.25) is 0 Å². The molecule has 0 fully saturated rings. The number of nitrogens with two attached hydrogens (primary N) is 1. The standard InChI is InChI=1S/C8H6N6O/c9-3-4-1-2-5(11-8(10)15)7-6(4)12-14-13-7/h1-2H,(H3,10,11,15)(H,12,13,14). The predicted octanol–water partition coefficient (Wildman–Crippen LogP) is 0.320. The molecule has 4 N–H and O–H groups in total. The number of urea groups is 1. The van der Waals surface area contributed by atoms with Crippen LogP contribution in [0.15, 0.2) is 12.1 Å². The van der Waals surface area contributed by atoms with Crippen LogP contribution in [0, 0.1) is 11.3 Å². The number of rotatable bonds is 1. The van der Waals surface area contributed by atoms with E-state index in [0.29, 0.717) is 22.3 Å². The highest BCUT2D eigenvalue weighted by atomic mass is 16.2. The van der Waals surface area contributed by atoms with Crippen LogP contribution in [0.2, 0.25) is 0 Å². The van der Waals surface area contributed by atoms with Gasteiger partial charge in [-0.05, 0) is 12.1 Å². The van der Waals surface area contributed by atoms with Crippen LogP contribution in [0.1, 0.15) is 5.56 Å². The summed E-state index contributed by atoms with van der Waals surface area (Å²) in [5.74, 6) is 0. The molecule has 1 heterocycles. The SMILES string of the molecule is N#Cc1ccc(NC(N)=O)c2n[nH]nc12. The van der Waals surface area contributed by atoms with Crippen molar-refractivity contribution in [3.05, 3.63) is 17.7 Å². The third-order valence-electron chi connectivity index (χ3n) is 1.85. The fraction of sp³-hybridized carbons (Fsp3) is 0. The Morgan fingerprint density at radius 2 is 2.20 bits per heavy atom. The van der Waals surface area contributed by atoms with E-state index in [0.717, 1.165) is 0 Å². The van der Waals surface area contributed by atoms with E-state index in [9.17, 15) is 4.79 Å². The van der Waals surface area contributed by atoms with E-state index in [-0.39, 0.29) is 0 Å². The number of carbonyl (C=O) groups is 1. The number of amides is 2. The summed E-state index contributed by atoms with van der Waals surface area (Å²) in [4.78, 5) is 10.7. The molecule has 7 nitrogen and oxygen atoms in total. The van der Waals surface area contributed by atoms with Crippen molar-refractivity contribution in [2.24, 2.45) is 5.73 Å². The molecule has 0 aliphatic heterocycles. The normalized spacial score (nSPS) is 9.80. The molecule has 74 valence electrons. The van der Waals surface area contributed by atoms with Crippen LogP contribution >= 0.6 is 0 Å². The van der Waals surface area contributed by atoms with Crippen LogP contribution in [-0.2, 0) is 0 Å². The van der Waals surface area contributed by atoms with Gasteiger partial charge in [-0.1, -0.05) is 0 Å². The molecule has 0 aliphatic rings. The van der Waals surface area contributed by atoms with Crippen molar-refractivity contribution >= 4 is 22.8 Å². The third kappa shape index (κ3) is 1.44. The number of primary amides is 1. The fourth-order valence-corrected chi connectivity index (χ4v) is 1.25. The minimum atomic E-state index is -0.691. The minimum absolute atomic E-state index is 0.383. The largest absolute Gasteiger partial charge is 0.351 e. The Morgan fingerprint density at radius 3 is 2.87 bits per heavy atom. The Hall–Kier alpha value is -2.62. The zero-order valence-corrected chi connectivity index (χ0v) is 7.48. The van der Waals surface area contributed by atoms with Gasteiger partial charge in [-0.3, -0.25) is 0 Å². The van der Waals surface area contributed by atoms with E-state index >= 15 is 0 Å². The third-order valence-corrected chi connectivity index (χ3v) is 1.85.